The van der Waals surface area contributed by atoms with Crippen molar-refractivity contribution in [1.29, 1.82) is 0 Å². The van der Waals surface area contributed by atoms with Gasteiger partial charge in [0.2, 0.25) is 0 Å². The molecule has 3 rings (SSSR count). The summed E-state index contributed by atoms with van der Waals surface area (Å²) < 4.78 is 18.0. The highest BCUT2D eigenvalue weighted by Gasteiger charge is 2.38. The Morgan fingerprint density at radius 3 is 1.70 bits per heavy atom. The van der Waals surface area contributed by atoms with Gasteiger partial charge in [-0.05, 0) is 54.5 Å². The molecule has 0 aliphatic carbocycles. The van der Waals surface area contributed by atoms with E-state index < -0.39 is 11.7 Å². The summed E-state index contributed by atoms with van der Waals surface area (Å²) in [5, 5.41) is 10.9. The second-order valence-electron chi connectivity index (χ2n) is 11.4. The van der Waals surface area contributed by atoms with Gasteiger partial charge >= 0.3 is 0 Å². The Kier molecular flexibility index (Phi) is 16.8. The van der Waals surface area contributed by atoms with E-state index in [-0.39, 0.29) is 13.2 Å². The molecule has 1 unspecified atom stereocenters. The average molecular weight is 587 g/mol. The van der Waals surface area contributed by atoms with Crippen LogP contribution in [0.3, 0.4) is 0 Å². The van der Waals surface area contributed by atoms with Gasteiger partial charge in [-0.1, -0.05) is 143 Å². The van der Waals surface area contributed by atoms with Gasteiger partial charge in [0.05, 0.1) is 20.3 Å². The van der Waals surface area contributed by atoms with Crippen molar-refractivity contribution in [3.8, 4) is 5.75 Å². The van der Waals surface area contributed by atoms with Gasteiger partial charge in [0.1, 0.15) is 17.5 Å². The number of hydrogen-bond donors (Lipinski definition) is 1. The first-order chi connectivity index (χ1) is 21.2. The highest BCUT2D eigenvalue weighted by atomic mass is 16.5. The number of hydrogen-bond acceptors (Lipinski definition) is 4. The molecular weight excluding hydrogens is 532 g/mol. The molecule has 0 fully saturated rings. The number of rotatable bonds is 23. The normalized spacial score (nSPS) is 12.5. The van der Waals surface area contributed by atoms with E-state index in [1.165, 1.54) is 70.6 Å². The Morgan fingerprint density at radius 1 is 0.628 bits per heavy atom. The van der Waals surface area contributed by atoms with Crippen LogP contribution in [0.25, 0.3) is 0 Å². The first kappa shape index (κ1) is 34.6. The van der Waals surface area contributed by atoms with Gasteiger partial charge in [-0.2, -0.15) is 0 Å². The summed E-state index contributed by atoms with van der Waals surface area (Å²) in [7, 11) is 1.67. The van der Waals surface area contributed by atoms with Crippen molar-refractivity contribution in [1.82, 2.24) is 0 Å². The third kappa shape index (κ3) is 11.9. The Morgan fingerprint density at radius 2 is 1.14 bits per heavy atom. The van der Waals surface area contributed by atoms with Gasteiger partial charge in [0.25, 0.3) is 0 Å². The predicted octanol–water partition coefficient (Wildman–Crippen LogP) is 9.64. The molecular formula is C39H54O4. The van der Waals surface area contributed by atoms with Crippen molar-refractivity contribution < 1.29 is 19.3 Å². The maximum absolute atomic E-state index is 10.9. The third-order valence-electron chi connectivity index (χ3n) is 7.96. The average Bonchev–Trinajstić information content (AvgIpc) is 3.06. The van der Waals surface area contributed by atoms with Gasteiger partial charge in [-0.3, -0.25) is 0 Å². The lowest BCUT2D eigenvalue weighted by Crippen LogP contribution is -2.36. The lowest BCUT2D eigenvalue weighted by molar-refractivity contribution is -0.0641. The SMILES string of the molecule is CCCC/C=C\CCCCCCCCCCOCC(O)COC(c1ccccc1)(c1ccccc1)c1ccc(OC)cc1. The molecule has 234 valence electrons. The molecule has 1 N–H and O–H groups in total. The van der Waals surface area contributed by atoms with E-state index in [4.69, 9.17) is 14.2 Å². The summed E-state index contributed by atoms with van der Waals surface area (Å²) in [5.41, 5.74) is 2.08. The lowest BCUT2D eigenvalue weighted by atomic mass is 9.80. The van der Waals surface area contributed by atoms with Crippen LogP contribution in [0.15, 0.2) is 97.1 Å². The van der Waals surface area contributed by atoms with E-state index >= 15 is 0 Å². The second-order valence-corrected chi connectivity index (χ2v) is 11.4. The van der Waals surface area contributed by atoms with E-state index in [1.54, 1.807) is 7.11 Å². The zero-order valence-corrected chi connectivity index (χ0v) is 26.6. The quantitative estimate of drug-likeness (QED) is 0.0683. The summed E-state index contributed by atoms with van der Waals surface area (Å²) in [4.78, 5) is 0. The smallest absolute Gasteiger partial charge is 0.143 e. The molecule has 0 bridgehead atoms. The maximum Gasteiger partial charge on any atom is 0.143 e. The lowest BCUT2D eigenvalue weighted by Gasteiger charge is -2.36. The fourth-order valence-electron chi connectivity index (χ4n) is 5.49. The molecule has 4 nitrogen and oxygen atoms in total. The topological polar surface area (TPSA) is 47.9 Å². The third-order valence-corrected chi connectivity index (χ3v) is 7.96. The first-order valence-electron chi connectivity index (χ1n) is 16.5. The zero-order chi connectivity index (χ0) is 30.4. The molecule has 3 aromatic rings. The summed E-state index contributed by atoms with van der Waals surface area (Å²) in [6.45, 7) is 3.32. The van der Waals surface area contributed by atoms with Crippen molar-refractivity contribution in [2.24, 2.45) is 0 Å². The summed E-state index contributed by atoms with van der Waals surface area (Å²) in [5.74, 6) is 0.786. The molecule has 0 heterocycles. The highest BCUT2D eigenvalue weighted by Crippen LogP contribution is 2.41. The molecule has 3 aromatic carbocycles. The fourth-order valence-corrected chi connectivity index (χ4v) is 5.49. The van der Waals surface area contributed by atoms with Crippen LogP contribution in [-0.2, 0) is 15.1 Å². The van der Waals surface area contributed by atoms with E-state index in [1.807, 2.05) is 60.7 Å². The van der Waals surface area contributed by atoms with Crippen molar-refractivity contribution in [2.75, 3.05) is 26.9 Å². The number of aliphatic hydroxyl groups is 1. The van der Waals surface area contributed by atoms with Crippen LogP contribution < -0.4 is 4.74 Å². The molecule has 0 amide bonds. The molecule has 0 aromatic heterocycles. The van der Waals surface area contributed by atoms with Gasteiger partial charge in [0.15, 0.2) is 0 Å². The van der Waals surface area contributed by atoms with E-state index in [2.05, 4.69) is 43.3 Å². The van der Waals surface area contributed by atoms with E-state index in [9.17, 15) is 5.11 Å². The Hall–Kier alpha value is -2.92. The summed E-state index contributed by atoms with van der Waals surface area (Å²) in [6, 6.07) is 28.4. The number of methoxy groups -OCH3 is 1. The fraction of sp³-hybridized carbons (Fsp3) is 0.487. The summed E-state index contributed by atoms with van der Waals surface area (Å²) in [6.07, 6.45) is 19.1. The van der Waals surface area contributed by atoms with Gasteiger partial charge in [0, 0.05) is 6.61 Å². The van der Waals surface area contributed by atoms with Crippen molar-refractivity contribution in [2.45, 2.75) is 95.7 Å². The standard InChI is InChI=1S/C39H54O4/c1-3-4-5-6-7-8-9-10-11-12-13-14-15-22-31-42-32-37(40)33-43-39(34-23-18-16-19-24-34,35-25-20-17-21-26-35)36-27-29-38(41-2)30-28-36/h6-7,16-21,23-30,37,40H,3-5,8-15,22,31-33H2,1-2H3/b7-6-. The van der Waals surface area contributed by atoms with Crippen LogP contribution in [0, 0.1) is 0 Å². The molecule has 43 heavy (non-hydrogen) atoms. The van der Waals surface area contributed by atoms with Gasteiger partial charge < -0.3 is 19.3 Å². The summed E-state index contributed by atoms with van der Waals surface area (Å²) >= 11 is 0. The largest absolute Gasteiger partial charge is 0.497 e. The van der Waals surface area contributed by atoms with Crippen molar-refractivity contribution >= 4 is 0 Å². The van der Waals surface area contributed by atoms with Crippen LogP contribution in [0.2, 0.25) is 0 Å². The monoisotopic (exact) mass is 586 g/mol. The maximum atomic E-state index is 10.9. The van der Waals surface area contributed by atoms with Crippen LogP contribution in [0.5, 0.6) is 5.75 Å². The molecule has 0 saturated heterocycles. The zero-order valence-electron chi connectivity index (χ0n) is 26.6. The molecule has 0 aliphatic rings. The van der Waals surface area contributed by atoms with Crippen LogP contribution in [0.1, 0.15) is 101 Å². The van der Waals surface area contributed by atoms with Crippen LogP contribution in [0.4, 0.5) is 0 Å². The molecule has 0 spiro atoms. The minimum absolute atomic E-state index is 0.143. The number of allylic oxidation sites excluding steroid dienone is 2. The number of unbranched alkanes of at least 4 members (excludes halogenated alkanes) is 10. The Labute approximate surface area is 261 Å². The first-order valence-corrected chi connectivity index (χ1v) is 16.5. The number of ether oxygens (including phenoxy) is 3. The molecule has 4 heteroatoms. The highest BCUT2D eigenvalue weighted by molar-refractivity contribution is 5.48. The number of benzene rings is 3. The number of aliphatic hydroxyl groups excluding tert-OH is 1. The van der Waals surface area contributed by atoms with Crippen molar-refractivity contribution in [3.63, 3.8) is 0 Å². The van der Waals surface area contributed by atoms with Gasteiger partial charge in [-0.15, -0.1) is 0 Å². The van der Waals surface area contributed by atoms with E-state index in [0.717, 1.165) is 28.9 Å². The molecule has 1 atom stereocenters. The Balaban J connectivity index is 1.42. The van der Waals surface area contributed by atoms with Gasteiger partial charge in [-0.25, -0.2) is 0 Å². The minimum Gasteiger partial charge on any atom is -0.497 e. The molecule has 0 aliphatic heterocycles. The minimum atomic E-state index is -0.888. The Bertz CT molecular complexity index is 1070. The van der Waals surface area contributed by atoms with E-state index in [0.29, 0.717) is 6.61 Å². The van der Waals surface area contributed by atoms with Crippen molar-refractivity contribution in [3.05, 3.63) is 114 Å². The second kappa shape index (κ2) is 20.9. The van der Waals surface area contributed by atoms with Crippen LogP contribution in [-0.4, -0.2) is 38.1 Å². The van der Waals surface area contributed by atoms with Crippen LogP contribution >= 0.6 is 0 Å². The predicted molar refractivity (Wildman–Crippen MR) is 179 cm³/mol. The molecule has 0 radical (unpaired) electrons. The molecule has 0 saturated carbocycles.